The van der Waals surface area contributed by atoms with Crippen LogP contribution in [0, 0.1) is 11.3 Å². The molecule has 0 bridgehead atoms. The van der Waals surface area contributed by atoms with Crippen molar-refractivity contribution in [1.29, 1.82) is 0 Å². The molecule has 0 aliphatic carbocycles. The molecule has 4 heteroatoms. The largest absolute Gasteiger partial charge is 0.377 e. The van der Waals surface area contributed by atoms with Gasteiger partial charge in [-0.25, -0.2) is 0 Å². The Morgan fingerprint density at radius 1 is 1.15 bits per heavy atom. The van der Waals surface area contributed by atoms with Gasteiger partial charge in [0.1, 0.15) is 0 Å². The molecule has 1 amide bonds. The molecular formula is C16H30N2O2. The van der Waals surface area contributed by atoms with E-state index in [0.29, 0.717) is 17.4 Å². The smallest absolute Gasteiger partial charge is 0.219 e. The quantitative estimate of drug-likeness (QED) is 0.776. The van der Waals surface area contributed by atoms with Gasteiger partial charge in [0.2, 0.25) is 5.91 Å². The Bertz CT molecular complexity index is 322. The van der Waals surface area contributed by atoms with Gasteiger partial charge in [0.15, 0.2) is 0 Å². The van der Waals surface area contributed by atoms with E-state index in [2.05, 4.69) is 25.7 Å². The Balaban J connectivity index is 1.70. The summed E-state index contributed by atoms with van der Waals surface area (Å²) in [6.45, 7) is 14.2. The minimum atomic E-state index is 0.201. The van der Waals surface area contributed by atoms with Crippen LogP contribution in [0.3, 0.4) is 0 Å². The van der Waals surface area contributed by atoms with Crippen LogP contribution in [0.25, 0.3) is 0 Å². The lowest BCUT2D eigenvalue weighted by Crippen LogP contribution is -2.50. The molecule has 2 saturated heterocycles. The third kappa shape index (κ3) is 4.19. The predicted octanol–water partition coefficient (Wildman–Crippen LogP) is 1.99. The maximum atomic E-state index is 11.3. The molecule has 0 N–H and O–H groups in total. The molecule has 2 unspecified atom stereocenters. The number of rotatable bonds is 2. The zero-order valence-electron chi connectivity index (χ0n) is 13.5. The van der Waals surface area contributed by atoms with Gasteiger partial charge < -0.3 is 9.64 Å². The Labute approximate surface area is 123 Å². The van der Waals surface area contributed by atoms with Crippen LogP contribution in [-0.4, -0.2) is 61.1 Å². The minimum absolute atomic E-state index is 0.201. The van der Waals surface area contributed by atoms with Crippen molar-refractivity contribution >= 4 is 5.91 Å². The van der Waals surface area contributed by atoms with Crippen LogP contribution < -0.4 is 0 Å². The molecule has 2 rings (SSSR count). The molecule has 0 spiro atoms. The van der Waals surface area contributed by atoms with Crippen LogP contribution in [0.1, 0.15) is 40.5 Å². The van der Waals surface area contributed by atoms with Crippen LogP contribution in [0.2, 0.25) is 0 Å². The van der Waals surface area contributed by atoms with E-state index in [1.807, 2.05) is 4.90 Å². The lowest BCUT2D eigenvalue weighted by atomic mass is 9.77. The van der Waals surface area contributed by atoms with Crippen molar-refractivity contribution in [3.8, 4) is 0 Å². The Kier molecular flexibility index (Phi) is 5.08. The minimum Gasteiger partial charge on any atom is -0.377 e. The van der Waals surface area contributed by atoms with Crippen LogP contribution in [0.4, 0.5) is 0 Å². The van der Waals surface area contributed by atoms with Gasteiger partial charge in [-0.1, -0.05) is 20.8 Å². The predicted molar refractivity (Wildman–Crippen MR) is 80.6 cm³/mol. The highest BCUT2D eigenvalue weighted by Gasteiger charge is 2.31. The molecular weight excluding hydrogens is 252 g/mol. The first-order chi connectivity index (χ1) is 9.36. The number of amides is 1. The van der Waals surface area contributed by atoms with Gasteiger partial charge in [-0.3, -0.25) is 9.69 Å². The number of hydrogen-bond acceptors (Lipinski definition) is 3. The molecule has 0 aromatic rings. The lowest BCUT2D eigenvalue weighted by Gasteiger charge is -2.40. The molecule has 2 fully saturated rings. The Hall–Kier alpha value is -0.610. The van der Waals surface area contributed by atoms with Gasteiger partial charge in [-0.15, -0.1) is 0 Å². The van der Waals surface area contributed by atoms with Crippen molar-refractivity contribution in [2.45, 2.75) is 46.6 Å². The topological polar surface area (TPSA) is 32.8 Å². The molecule has 0 saturated carbocycles. The van der Waals surface area contributed by atoms with Crippen LogP contribution in [0.5, 0.6) is 0 Å². The second-order valence-corrected chi connectivity index (χ2v) is 7.40. The second-order valence-electron chi connectivity index (χ2n) is 7.40. The van der Waals surface area contributed by atoms with Crippen LogP contribution in [0.15, 0.2) is 0 Å². The first kappa shape index (κ1) is 15.8. The summed E-state index contributed by atoms with van der Waals surface area (Å²) in [5.41, 5.74) is 0.359. The van der Waals surface area contributed by atoms with Crippen molar-refractivity contribution < 1.29 is 9.53 Å². The highest BCUT2D eigenvalue weighted by atomic mass is 16.5. The van der Waals surface area contributed by atoms with E-state index < -0.39 is 0 Å². The third-order valence-corrected chi connectivity index (χ3v) is 4.87. The van der Waals surface area contributed by atoms with E-state index in [4.69, 9.17) is 4.74 Å². The van der Waals surface area contributed by atoms with Gasteiger partial charge in [-0.05, 0) is 24.2 Å². The summed E-state index contributed by atoms with van der Waals surface area (Å²) >= 11 is 0. The fourth-order valence-corrected chi connectivity index (χ4v) is 3.17. The summed E-state index contributed by atoms with van der Waals surface area (Å²) in [4.78, 5) is 15.7. The average molecular weight is 282 g/mol. The summed E-state index contributed by atoms with van der Waals surface area (Å²) in [6, 6.07) is 0. The van der Waals surface area contributed by atoms with E-state index in [1.54, 1.807) is 6.92 Å². The van der Waals surface area contributed by atoms with E-state index in [-0.39, 0.29) is 5.91 Å². The monoisotopic (exact) mass is 282 g/mol. The van der Waals surface area contributed by atoms with Gasteiger partial charge in [0.25, 0.3) is 0 Å². The molecule has 0 aromatic heterocycles. The normalized spacial score (nSPS) is 29.5. The average Bonchev–Trinajstić information content (AvgIpc) is 2.39. The molecule has 4 nitrogen and oxygen atoms in total. The molecule has 20 heavy (non-hydrogen) atoms. The first-order valence-electron chi connectivity index (χ1n) is 7.95. The molecule has 116 valence electrons. The van der Waals surface area contributed by atoms with Crippen molar-refractivity contribution in [3.05, 3.63) is 0 Å². The first-order valence-corrected chi connectivity index (χ1v) is 7.95. The Morgan fingerprint density at radius 3 is 2.25 bits per heavy atom. The molecule has 0 radical (unpaired) electrons. The summed E-state index contributed by atoms with van der Waals surface area (Å²) in [7, 11) is 0. The number of ether oxygens (including phenoxy) is 1. The summed E-state index contributed by atoms with van der Waals surface area (Å²) in [5.74, 6) is 0.889. The SMILES string of the molecule is CC(=O)N1CCN(CC2CCC(C(C)(C)C)CO2)CC1. The van der Waals surface area contributed by atoms with E-state index >= 15 is 0 Å². The van der Waals surface area contributed by atoms with Crippen LogP contribution >= 0.6 is 0 Å². The maximum absolute atomic E-state index is 11.3. The highest BCUT2D eigenvalue weighted by Crippen LogP contribution is 2.34. The second kappa shape index (κ2) is 6.44. The van der Waals surface area contributed by atoms with Gasteiger partial charge in [-0.2, -0.15) is 0 Å². The lowest BCUT2D eigenvalue weighted by molar-refractivity contribution is -0.131. The third-order valence-electron chi connectivity index (χ3n) is 4.87. The van der Waals surface area contributed by atoms with E-state index in [1.165, 1.54) is 12.8 Å². The van der Waals surface area contributed by atoms with E-state index in [9.17, 15) is 4.79 Å². The summed E-state index contributed by atoms with van der Waals surface area (Å²) < 4.78 is 6.07. The number of hydrogen-bond donors (Lipinski definition) is 0. The van der Waals surface area contributed by atoms with Gasteiger partial charge in [0.05, 0.1) is 12.7 Å². The van der Waals surface area contributed by atoms with E-state index in [0.717, 1.165) is 39.3 Å². The van der Waals surface area contributed by atoms with Crippen molar-refractivity contribution in [2.24, 2.45) is 11.3 Å². The fourth-order valence-electron chi connectivity index (χ4n) is 3.17. The number of piperazine rings is 1. The molecule has 2 heterocycles. The highest BCUT2D eigenvalue weighted by molar-refractivity contribution is 5.73. The molecule has 2 atom stereocenters. The maximum Gasteiger partial charge on any atom is 0.219 e. The fraction of sp³-hybridized carbons (Fsp3) is 0.938. The number of carbonyl (C=O) groups excluding carboxylic acids is 1. The molecule has 2 aliphatic heterocycles. The van der Waals surface area contributed by atoms with Gasteiger partial charge >= 0.3 is 0 Å². The van der Waals surface area contributed by atoms with Crippen molar-refractivity contribution in [2.75, 3.05) is 39.3 Å². The Morgan fingerprint density at radius 2 is 1.80 bits per heavy atom. The van der Waals surface area contributed by atoms with Crippen molar-refractivity contribution in [1.82, 2.24) is 9.80 Å². The molecule has 2 aliphatic rings. The number of nitrogens with zero attached hydrogens (tertiary/aromatic N) is 2. The van der Waals surface area contributed by atoms with Gasteiger partial charge in [0, 0.05) is 39.6 Å². The standard InChI is InChI=1S/C16H30N2O2/c1-13(19)18-9-7-17(8-10-18)11-15-6-5-14(12-20-15)16(2,3)4/h14-15H,5-12H2,1-4H3. The molecule has 0 aromatic carbocycles. The van der Waals surface area contributed by atoms with Crippen LogP contribution in [-0.2, 0) is 9.53 Å². The zero-order valence-corrected chi connectivity index (χ0v) is 13.5. The van der Waals surface area contributed by atoms with Crippen molar-refractivity contribution in [3.63, 3.8) is 0 Å². The summed E-state index contributed by atoms with van der Waals surface area (Å²) in [6.07, 6.45) is 2.84. The summed E-state index contributed by atoms with van der Waals surface area (Å²) in [5, 5.41) is 0. The number of carbonyl (C=O) groups is 1. The zero-order chi connectivity index (χ0) is 14.8.